The Labute approximate surface area is 128 Å². The highest BCUT2D eigenvalue weighted by molar-refractivity contribution is 7.46. The molecule has 13 heteroatoms. The smallest absolute Gasteiger partial charge is 0.387 e. The van der Waals surface area contributed by atoms with Gasteiger partial charge in [-0.3, -0.25) is 9.09 Å². The number of ether oxygens (including phenoxy) is 1. The molecule has 1 unspecified atom stereocenters. The lowest BCUT2D eigenvalue weighted by atomic mass is 10.1. The van der Waals surface area contributed by atoms with Gasteiger partial charge in [-0.1, -0.05) is 0 Å². The Bertz CT molecular complexity index is 763. The van der Waals surface area contributed by atoms with Gasteiger partial charge in [0.05, 0.1) is 12.9 Å². The molecule has 0 aliphatic carbocycles. The molecule has 12 nitrogen and oxygen atoms in total. The van der Waals surface area contributed by atoms with Crippen LogP contribution in [-0.2, 0) is 13.8 Å². The fourth-order valence-corrected chi connectivity index (χ4v) is 2.66. The van der Waals surface area contributed by atoms with Crippen LogP contribution in [0.4, 0.5) is 5.82 Å². The van der Waals surface area contributed by atoms with E-state index in [1.165, 1.54) is 17.2 Å². The Kier molecular flexibility index (Phi) is 4.06. The van der Waals surface area contributed by atoms with Crippen LogP contribution in [0.3, 0.4) is 0 Å². The zero-order valence-corrected chi connectivity index (χ0v) is 12.4. The first-order chi connectivity index (χ1) is 10.8. The molecule has 2 aromatic heterocycles. The van der Waals surface area contributed by atoms with Gasteiger partial charge in [-0.25, -0.2) is 19.5 Å². The molecule has 4 atom stereocenters. The van der Waals surface area contributed by atoms with Crippen molar-refractivity contribution in [2.75, 3.05) is 12.3 Å². The van der Waals surface area contributed by atoms with Gasteiger partial charge in [0.25, 0.3) is 0 Å². The molecule has 0 bridgehead atoms. The van der Waals surface area contributed by atoms with E-state index in [0.717, 1.165) is 0 Å². The Morgan fingerprint density at radius 3 is 2.74 bits per heavy atom. The van der Waals surface area contributed by atoms with E-state index in [4.69, 9.17) is 20.3 Å². The summed E-state index contributed by atoms with van der Waals surface area (Å²) in [5.74, 6) is 0.142. The molecule has 1 aliphatic rings. The topological polar surface area (TPSA) is 186 Å². The average Bonchev–Trinajstić information content (AvgIpc) is 3.01. The summed E-state index contributed by atoms with van der Waals surface area (Å²) in [4.78, 5) is 29.2. The van der Waals surface area contributed by atoms with Crippen LogP contribution < -0.4 is 5.73 Å². The zero-order valence-electron chi connectivity index (χ0n) is 11.5. The van der Waals surface area contributed by atoms with Gasteiger partial charge < -0.3 is 30.5 Å². The summed E-state index contributed by atoms with van der Waals surface area (Å²) in [6, 6.07) is 0. The molecule has 0 saturated carbocycles. The fourth-order valence-electron chi connectivity index (χ4n) is 2.32. The van der Waals surface area contributed by atoms with Crippen LogP contribution in [0.15, 0.2) is 12.7 Å². The Morgan fingerprint density at radius 1 is 1.30 bits per heavy atom. The van der Waals surface area contributed by atoms with Crippen LogP contribution in [0.25, 0.3) is 11.2 Å². The Hall–Kier alpha value is -1.66. The highest BCUT2D eigenvalue weighted by Crippen LogP contribution is 2.38. The van der Waals surface area contributed by atoms with Gasteiger partial charge in [-0.2, -0.15) is 0 Å². The summed E-state index contributed by atoms with van der Waals surface area (Å²) in [7, 11) is -4.72. The lowest BCUT2D eigenvalue weighted by Crippen LogP contribution is -2.33. The number of aliphatic hydroxyl groups is 2. The molecular weight excluding hydrogens is 333 g/mol. The number of phosphoric ester groups is 1. The van der Waals surface area contributed by atoms with Crippen molar-refractivity contribution in [3.05, 3.63) is 12.7 Å². The van der Waals surface area contributed by atoms with Crippen LogP contribution in [0, 0.1) is 0 Å². The number of imidazole rings is 1. The van der Waals surface area contributed by atoms with E-state index in [1.54, 1.807) is 0 Å². The molecule has 1 saturated heterocycles. The minimum atomic E-state index is -4.72. The normalized spacial score (nSPS) is 28.5. The van der Waals surface area contributed by atoms with E-state index in [2.05, 4.69) is 19.5 Å². The number of hydrogen-bond acceptors (Lipinski definition) is 9. The third kappa shape index (κ3) is 3.05. The van der Waals surface area contributed by atoms with Crippen LogP contribution in [-0.4, -0.2) is 64.4 Å². The van der Waals surface area contributed by atoms with Crippen molar-refractivity contribution in [2.24, 2.45) is 0 Å². The number of rotatable bonds is 4. The van der Waals surface area contributed by atoms with Crippen LogP contribution in [0.2, 0.25) is 0 Å². The number of aliphatic hydroxyl groups excluding tert-OH is 2. The SMILES string of the molecule is Nc1ncnc2c1ncn2[C@@H]1OC(COP(=O)(O)O)[C@@H](O)[C@H]1O. The highest BCUT2D eigenvalue weighted by atomic mass is 31.2. The third-order valence-corrected chi connectivity index (χ3v) is 3.89. The van der Waals surface area contributed by atoms with Gasteiger partial charge in [-0.15, -0.1) is 0 Å². The number of nitrogen functional groups attached to an aromatic ring is 1. The summed E-state index contributed by atoms with van der Waals surface area (Å²) in [6.45, 7) is -0.594. The molecule has 2 aromatic rings. The molecule has 1 fully saturated rings. The monoisotopic (exact) mass is 347 g/mol. The third-order valence-electron chi connectivity index (χ3n) is 3.41. The molecule has 0 aromatic carbocycles. The minimum Gasteiger partial charge on any atom is -0.387 e. The molecule has 23 heavy (non-hydrogen) atoms. The van der Waals surface area contributed by atoms with Crippen molar-refractivity contribution in [1.29, 1.82) is 0 Å². The van der Waals surface area contributed by atoms with Gasteiger partial charge in [0.2, 0.25) is 0 Å². The fraction of sp³-hybridized carbons (Fsp3) is 0.500. The number of nitrogens with zero attached hydrogens (tertiary/aromatic N) is 4. The number of nitrogens with two attached hydrogens (primary N) is 1. The molecule has 0 radical (unpaired) electrons. The van der Waals surface area contributed by atoms with Crippen molar-refractivity contribution in [1.82, 2.24) is 19.5 Å². The molecule has 3 rings (SSSR count). The van der Waals surface area contributed by atoms with Crippen molar-refractivity contribution in [3.8, 4) is 0 Å². The van der Waals surface area contributed by atoms with Crippen molar-refractivity contribution in [2.45, 2.75) is 24.5 Å². The van der Waals surface area contributed by atoms with E-state index in [1.807, 2.05) is 0 Å². The van der Waals surface area contributed by atoms with Gasteiger partial charge in [-0.05, 0) is 0 Å². The first-order valence-corrected chi connectivity index (χ1v) is 7.95. The van der Waals surface area contributed by atoms with Crippen molar-refractivity contribution >= 4 is 24.8 Å². The van der Waals surface area contributed by atoms with Crippen LogP contribution >= 0.6 is 7.82 Å². The van der Waals surface area contributed by atoms with E-state index >= 15 is 0 Å². The summed E-state index contributed by atoms with van der Waals surface area (Å²) < 4.78 is 21.8. The molecular formula is C10H14N5O7P. The Morgan fingerprint density at radius 2 is 2.04 bits per heavy atom. The van der Waals surface area contributed by atoms with Gasteiger partial charge in [0.1, 0.15) is 30.2 Å². The van der Waals surface area contributed by atoms with Crippen LogP contribution in [0.5, 0.6) is 0 Å². The average molecular weight is 347 g/mol. The standard InChI is InChI=1S/C10H14N5O7P/c11-8-5-9(13-2-12-8)15(3-14-5)10-7(17)6(16)4(22-10)1-21-23(18,19)20/h2-4,6-7,10,16-17H,1H2,(H2,11,12,13)(H2,18,19,20)/t4?,6-,7-,10-/m1/s1. The van der Waals surface area contributed by atoms with E-state index < -0.39 is 39.0 Å². The molecule has 126 valence electrons. The predicted octanol–water partition coefficient (Wildman–Crippen LogP) is -1.86. The predicted molar refractivity (Wildman–Crippen MR) is 73.7 cm³/mol. The number of anilines is 1. The Balaban J connectivity index is 1.85. The quantitative estimate of drug-likeness (QED) is 0.390. The van der Waals surface area contributed by atoms with Crippen molar-refractivity contribution in [3.63, 3.8) is 0 Å². The first-order valence-electron chi connectivity index (χ1n) is 6.42. The zero-order chi connectivity index (χ0) is 16.8. The second-order valence-corrected chi connectivity index (χ2v) is 6.15. The van der Waals surface area contributed by atoms with E-state index in [9.17, 15) is 14.8 Å². The minimum absolute atomic E-state index is 0.142. The maximum Gasteiger partial charge on any atom is 0.469 e. The van der Waals surface area contributed by atoms with Crippen molar-refractivity contribution < 1.29 is 33.8 Å². The van der Waals surface area contributed by atoms with Gasteiger partial charge in [0.15, 0.2) is 17.7 Å². The molecule has 6 N–H and O–H groups in total. The highest BCUT2D eigenvalue weighted by Gasteiger charge is 2.45. The molecule has 0 amide bonds. The summed E-state index contributed by atoms with van der Waals surface area (Å²) in [5, 5.41) is 20.1. The van der Waals surface area contributed by atoms with Gasteiger partial charge >= 0.3 is 7.82 Å². The second-order valence-electron chi connectivity index (χ2n) is 4.92. The largest absolute Gasteiger partial charge is 0.469 e. The maximum atomic E-state index is 10.7. The van der Waals surface area contributed by atoms with Gasteiger partial charge in [0, 0.05) is 0 Å². The van der Waals surface area contributed by atoms with Crippen LogP contribution in [0.1, 0.15) is 6.23 Å². The second kappa shape index (κ2) is 5.76. The van der Waals surface area contributed by atoms with E-state index in [0.29, 0.717) is 5.52 Å². The number of hydrogen-bond donors (Lipinski definition) is 5. The number of aromatic nitrogens is 4. The number of phosphoric acid groups is 1. The molecule has 0 spiro atoms. The summed E-state index contributed by atoms with van der Waals surface area (Å²) in [5.41, 5.74) is 6.25. The van der Waals surface area contributed by atoms with E-state index in [-0.39, 0.29) is 11.5 Å². The maximum absolute atomic E-state index is 10.7. The summed E-state index contributed by atoms with van der Waals surface area (Å²) >= 11 is 0. The molecule has 3 heterocycles. The molecule has 1 aliphatic heterocycles. The first kappa shape index (κ1) is 16.2. The number of fused-ring (bicyclic) bond motifs is 1. The summed E-state index contributed by atoms with van der Waals surface area (Å²) in [6.07, 6.45) is -2.49. The lowest BCUT2D eigenvalue weighted by molar-refractivity contribution is -0.0504. The lowest BCUT2D eigenvalue weighted by Gasteiger charge is -2.16.